The van der Waals surface area contributed by atoms with Crippen molar-refractivity contribution in [3.05, 3.63) is 24.0 Å². The molecule has 4 nitrogen and oxygen atoms in total. The predicted octanol–water partition coefficient (Wildman–Crippen LogP) is 4.20. The van der Waals surface area contributed by atoms with E-state index in [-0.39, 0.29) is 11.8 Å². The first kappa shape index (κ1) is 19.0. The highest BCUT2D eigenvalue weighted by molar-refractivity contribution is 6.82. The van der Waals surface area contributed by atoms with Gasteiger partial charge < -0.3 is 4.23 Å². The van der Waals surface area contributed by atoms with Gasteiger partial charge in [-0.3, -0.25) is 14.5 Å². The van der Waals surface area contributed by atoms with Gasteiger partial charge in [-0.1, -0.05) is 41.5 Å². The number of amides is 2. The third-order valence-electron chi connectivity index (χ3n) is 5.75. The molecule has 0 radical (unpaired) electrons. The summed E-state index contributed by atoms with van der Waals surface area (Å²) in [4.78, 5) is 24.9. The summed E-state index contributed by atoms with van der Waals surface area (Å²) in [6.45, 7) is 14.6. The highest BCUT2D eigenvalue weighted by Crippen LogP contribution is 2.42. The summed E-state index contributed by atoms with van der Waals surface area (Å²) >= 11 is 0. The van der Waals surface area contributed by atoms with E-state index in [1.165, 1.54) is 10.5 Å². The average Bonchev–Trinajstić information content (AvgIpc) is 3.05. The normalized spacial score (nSPS) is 16.3. The fraction of sp³-hybridized carbons (Fsp3) is 0.684. The Bertz CT molecular complexity index is 566. The molecule has 2 amide bonds. The van der Waals surface area contributed by atoms with Crippen LogP contribution in [-0.2, 0) is 16.0 Å². The van der Waals surface area contributed by atoms with Crippen molar-refractivity contribution < 1.29 is 9.59 Å². The Labute approximate surface area is 147 Å². The van der Waals surface area contributed by atoms with Gasteiger partial charge in [0.05, 0.1) is 0 Å². The Morgan fingerprint density at radius 3 is 1.92 bits per heavy atom. The summed E-state index contributed by atoms with van der Waals surface area (Å²) in [6.07, 6.45) is 6.02. The number of nitrogens with zero attached hydrogens (tertiary/aromatic N) is 2. The number of rotatable bonds is 7. The van der Waals surface area contributed by atoms with E-state index in [2.05, 4.69) is 64.2 Å². The fourth-order valence-corrected chi connectivity index (χ4v) is 11.3. The molecule has 2 heterocycles. The van der Waals surface area contributed by atoms with Gasteiger partial charge in [-0.15, -0.1) is 0 Å². The minimum atomic E-state index is -1.70. The molecule has 0 aromatic carbocycles. The Balaban J connectivity index is 2.19. The number of aromatic nitrogens is 1. The van der Waals surface area contributed by atoms with Crippen LogP contribution in [0.2, 0.25) is 16.6 Å². The van der Waals surface area contributed by atoms with Crippen molar-refractivity contribution in [2.75, 3.05) is 6.54 Å². The predicted molar refractivity (Wildman–Crippen MR) is 101 cm³/mol. The fourth-order valence-electron chi connectivity index (χ4n) is 4.84. The number of hydrogen-bond donors (Lipinski definition) is 0. The van der Waals surface area contributed by atoms with Crippen LogP contribution in [0.4, 0.5) is 0 Å². The van der Waals surface area contributed by atoms with E-state index in [4.69, 9.17) is 0 Å². The van der Waals surface area contributed by atoms with Crippen molar-refractivity contribution >= 4 is 20.0 Å². The summed E-state index contributed by atoms with van der Waals surface area (Å²) < 4.78 is 2.51. The van der Waals surface area contributed by atoms with Gasteiger partial charge in [-0.2, -0.15) is 0 Å². The van der Waals surface area contributed by atoms with Crippen LogP contribution >= 0.6 is 0 Å². The molecule has 0 N–H and O–H groups in total. The van der Waals surface area contributed by atoms with Crippen LogP contribution in [0.25, 0.3) is 0 Å². The maximum absolute atomic E-state index is 11.7. The van der Waals surface area contributed by atoms with Crippen molar-refractivity contribution in [1.29, 1.82) is 0 Å². The lowest BCUT2D eigenvalue weighted by molar-refractivity contribution is -0.138. The molecule has 24 heavy (non-hydrogen) atoms. The second-order valence-corrected chi connectivity index (χ2v) is 13.7. The van der Waals surface area contributed by atoms with E-state index in [0.29, 0.717) is 36.0 Å². The molecule has 1 aromatic rings. The van der Waals surface area contributed by atoms with Crippen LogP contribution < -0.4 is 0 Å². The second kappa shape index (κ2) is 7.26. The first-order chi connectivity index (χ1) is 11.2. The summed E-state index contributed by atoms with van der Waals surface area (Å²) in [6, 6.07) is 2.17. The molecule has 134 valence electrons. The zero-order valence-electron chi connectivity index (χ0n) is 16.0. The van der Waals surface area contributed by atoms with E-state index in [1.807, 2.05) is 0 Å². The largest absolute Gasteiger partial charge is 0.379 e. The smallest absolute Gasteiger partial charge is 0.229 e. The molecule has 0 bridgehead atoms. The molecule has 5 heteroatoms. The third-order valence-corrected chi connectivity index (χ3v) is 12.5. The lowest BCUT2D eigenvalue weighted by atomic mass is 10.2. The molecule has 0 unspecified atom stereocenters. The standard InChI is InChI=1S/C19H32N2O2Si/c1-14(2)24(15(3)4,16(5)6)20-11-9-17(13-20)10-12-21-18(22)7-8-19(21)23/h9,11,13-16H,7-8,10,12H2,1-6H3. The molecular formula is C19H32N2O2Si. The van der Waals surface area contributed by atoms with E-state index < -0.39 is 8.24 Å². The quantitative estimate of drug-likeness (QED) is 0.547. The molecule has 1 saturated heterocycles. The van der Waals surface area contributed by atoms with Gasteiger partial charge in [0, 0.05) is 19.4 Å². The van der Waals surface area contributed by atoms with Crippen molar-refractivity contribution in [2.24, 2.45) is 0 Å². The van der Waals surface area contributed by atoms with Gasteiger partial charge in [0.1, 0.15) is 0 Å². The molecule has 0 spiro atoms. The summed E-state index contributed by atoms with van der Waals surface area (Å²) in [5.41, 5.74) is 3.18. The van der Waals surface area contributed by atoms with Crippen molar-refractivity contribution in [3.63, 3.8) is 0 Å². The Morgan fingerprint density at radius 2 is 1.46 bits per heavy atom. The van der Waals surface area contributed by atoms with E-state index in [1.54, 1.807) is 0 Å². The Hall–Kier alpha value is -1.36. The van der Waals surface area contributed by atoms with Gasteiger partial charge in [0.15, 0.2) is 8.24 Å². The van der Waals surface area contributed by atoms with Crippen LogP contribution in [0.15, 0.2) is 18.5 Å². The summed E-state index contributed by atoms with van der Waals surface area (Å²) in [7, 11) is -1.70. The second-order valence-electron chi connectivity index (χ2n) is 7.97. The van der Waals surface area contributed by atoms with Gasteiger partial charge in [-0.05, 0) is 47.1 Å². The number of carbonyl (C=O) groups is 2. The minimum Gasteiger partial charge on any atom is -0.379 e. The van der Waals surface area contributed by atoms with Crippen molar-refractivity contribution in [3.8, 4) is 0 Å². The zero-order valence-corrected chi connectivity index (χ0v) is 17.0. The lowest BCUT2D eigenvalue weighted by Gasteiger charge is -2.44. The first-order valence-corrected chi connectivity index (χ1v) is 11.4. The average molecular weight is 349 g/mol. The Morgan fingerprint density at radius 1 is 0.958 bits per heavy atom. The van der Waals surface area contributed by atoms with Crippen LogP contribution in [0.3, 0.4) is 0 Å². The van der Waals surface area contributed by atoms with Gasteiger partial charge in [0.25, 0.3) is 0 Å². The van der Waals surface area contributed by atoms with Crippen molar-refractivity contribution in [2.45, 2.75) is 77.4 Å². The molecule has 0 saturated carbocycles. The van der Waals surface area contributed by atoms with E-state index in [0.717, 1.165) is 6.42 Å². The van der Waals surface area contributed by atoms with Crippen LogP contribution in [0.1, 0.15) is 59.9 Å². The molecule has 0 atom stereocenters. The van der Waals surface area contributed by atoms with Crippen LogP contribution in [0.5, 0.6) is 0 Å². The maximum Gasteiger partial charge on any atom is 0.229 e. The van der Waals surface area contributed by atoms with Crippen LogP contribution in [-0.4, -0.2) is 35.7 Å². The van der Waals surface area contributed by atoms with Crippen LogP contribution in [0, 0.1) is 0 Å². The lowest BCUT2D eigenvalue weighted by Crippen LogP contribution is -2.51. The molecule has 1 fully saturated rings. The third kappa shape index (κ3) is 3.23. The highest BCUT2D eigenvalue weighted by Gasteiger charge is 2.44. The van der Waals surface area contributed by atoms with E-state index >= 15 is 0 Å². The number of hydrogen-bond acceptors (Lipinski definition) is 2. The number of carbonyl (C=O) groups excluding carboxylic acids is 2. The van der Waals surface area contributed by atoms with Crippen molar-refractivity contribution in [1.82, 2.24) is 9.13 Å². The molecular weight excluding hydrogens is 316 g/mol. The topological polar surface area (TPSA) is 42.3 Å². The first-order valence-electron chi connectivity index (χ1n) is 9.21. The summed E-state index contributed by atoms with van der Waals surface area (Å²) in [5, 5.41) is 0. The summed E-state index contributed by atoms with van der Waals surface area (Å²) in [5.74, 6) is -0.0376. The number of imide groups is 1. The minimum absolute atomic E-state index is 0.0188. The SMILES string of the molecule is CC(C)[Si](C(C)C)(C(C)C)n1ccc(CCN2C(=O)CCC2=O)c1. The van der Waals surface area contributed by atoms with Gasteiger partial charge >= 0.3 is 0 Å². The molecule has 0 aliphatic carbocycles. The van der Waals surface area contributed by atoms with Gasteiger partial charge in [0.2, 0.25) is 11.8 Å². The van der Waals surface area contributed by atoms with Gasteiger partial charge in [-0.25, -0.2) is 0 Å². The maximum atomic E-state index is 11.7. The zero-order chi connectivity index (χ0) is 18.1. The van der Waals surface area contributed by atoms with E-state index in [9.17, 15) is 9.59 Å². The molecule has 1 aliphatic heterocycles. The monoisotopic (exact) mass is 348 g/mol. The Kier molecular flexibility index (Phi) is 5.73. The molecule has 1 aromatic heterocycles. The highest BCUT2D eigenvalue weighted by atomic mass is 28.3. The number of likely N-dealkylation sites (tertiary alicyclic amines) is 1. The molecule has 2 rings (SSSR count). The molecule has 1 aliphatic rings.